The Balaban J connectivity index is 2.93. The fourth-order valence-corrected chi connectivity index (χ4v) is 3.06. The van der Waals surface area contributed by atoms with Crippen LogP contribution in [0.1, 0.15) is 32.8 Å². The van der Waals surface area contributed by atoms with Gasteiger partial charge in [0.05, 0.1) is 18.6 Å². The van der Waals surface area contributed by atoms with Crippen molar-refractivity contribution in [1.82, 2.24) is 16.0 Å². The molecule has 13 heteroatoms. The van der Waals surface area contributed by atoms with Gasteiger partial charge in [-0.15, -0.1) is 0 Å². The molecule has 5 unspecified atom stereocenters. The molecule has 0 saturated heterocycles. The fraction of sp³-hybridized carbons (Fsp3) is 0.500. The van der Waals surface area contributed by atoms with Crippen LogP contribution in [0.5, 0.6) is 5.75 Å². The second kappa shape index (κ2) is 13.2. The first-order valence-corrected chi connectivity index (χ1v) is 10.8. The maximum Gasteiger partial charge on any atom is 0.328 e. The molecule has 0 fully saturated rings. The van der Waals surface area contributed by atoms with Crippen molar-refractivity contribution in [3.63, 3.8) is 0 Å². The highest BCUT2D eigenvalue weighted by Crippen LogP contribution is 2.11. The topological polar surface area (TPSA) is 228 Å². The van der Waals surface area contributed by atoms with Gasteiger partial charge in [-0.05, 0) is 37.0 Å². The average Bonchev–Trinajstić information content (AvgIpc) is 2.75. The molecule has 35 heavy (non-hydrogen) atoms. The van der Waals surface area contributed by atoms with Crippen molar-refractivity contribution in [3.8, 4) is 5.75 Å². The van der Waals surface area contributed by atoms with Crippen LogP contribution in [0.25, 0.3) is 0 Å². The van der Waals surface area contributed by atoms with Crippen molar-refractivity contribution >= 4 is 29.7 Å². The number of aromatic hydroxyl groups is 1. The predicted molar refractivity (Wildman–Crippen MR) is 122 cm³/mol. The second-order valence-corrected chi connectivity index (χ2v) is 8.43. The summed E-state index contributed by atoms with van der Waals surface area (Å²) in [4.78, 5) is 60.4. The lowest BCUT2D eigenvalue weighted by Crippen LogP contribution is -2.59. The SMILES string of the molecule is CC(C)C(NC(=O)C(N)Cc1ccc(O)cc1)C(=O)NC(CC(=O)O)C(=O)NC(C(=O)O)C(C)O. The minimum absolute atomic E-state index is 0.0476. The van der Waals surface area contributed by atoms with Crippen LogP contribution in [0.2, 0.25) is 0 Å². The smallest absolute Gasteiger partial charge is 0.328 e. The van der Waals surface area contributed by atoms with Gasteiger partial charge in [0.15, 0.2) is 6.04 Å². The van der Waals surface area contributed by atoms with Gasteiger partial charge in [-0.25, -0.2) is 4.79 Å². The number of hydrogen-bond donors (Lipinski definition) is 8. The molecule has 3 amide bonds. The van der Waals surface area contributed by atoms with Crippen LogP contribution in [-0.2, 0) is 30.4 Å². The number of phenolic OH excluding ortho intramolecular Hbond substituents is 1. The van der Waals surface area contributed by atoms with Crippen molar-refractivity contribution in [3.05, 3.63) is 29.8 Å². The number of carbonyl (C=O) groups is 5. The molecule has 9 N–H and O–H groups in total. The molecular weight excluding hydrogens is 464 g/mol. The van der Waals surface area contributed by atoms with E-state index >= 15 is 0 Å². The molecule has 0 heterocycles. The summed E-state index contributed by atoms with van der Waals surface area (Å²) in [6, 6.07) is 0.399. The van der Waals surface area contributed by atoms with Crippen molar-refractivity contribution in [1.29, 1.82) is 0 Å². The van der Waals surface area contributed by atoms with E-state index in [4.69, 9.17) is 15.9 Å². The molecule has 0 radical (unpaired) electrons. The average molecular weight is 497 g/mol. The Bertz CT molecular complexity index is 918. The standard InChI is InChI=1S/C22H32N4O9/c1-10(2)17(25-19(31)14(23)8-12-4-6-13(28)7-5-12)21(33)24-15(9-16(29)30)20(32)26-18(11(3)27)22(34)35/h4-7,10-11,14-15,17-18,27-28H,8-9,23H2,1-3H3,(H,24,33)(H,25,31)(H,26,32)(H,29,30)(H,34,35). The third kappa shape index (κ3) is 9.59. The van der Waals surface area contributed by atoms with Crippen molar-refractivity contribution in [2.75, 3.05) is 0 Å². The summed E-state index contributed by atoms with van der Waals surface area (Å²) in [7, 11) is 0. The highest BCUT2D eigenvalue weighted by atomic mass is 16.4. The normalized spacial score (nSPS) is 15.3. The molecule has 0 aliphatic carbocycles. The van der Waals surface area contributed by atoms with Crippen molar-refractivity contribution in [2.24, 2.45) is 11.7 Å². The Morgan fingerprint density at radius 2 is 1.40 bits per heavy atom. The molecule has 1 rings (SSSR count). The lowest BCUT2D eigenvalue weighted by atomic mass is 10.0. The summed E-state index contributed by atoms with van der Waals surface area (Å²) in [6.07, 6.45) is -2.25. The number of amides is 3. The number of aliphatic carboxylic acids is 2. The number of aliphatic hydroxyl groups excluding tert-OH is 1. The fourth-order valence-electron chi connectivity index (χ4n) is 3.06. The summed E-state index contributed by atoms with van der Waals surface area (Å²) in [5, 5.41) is 43.8. The highest BCUT2D eigenvalue weighted by Gasteiger charge is 2.33. The zero-order chi connectivity index (χ0) is 26.9. The first-order chi connectivity index (χ1) is 16.2. The number of rotatable bonds is 13. The third-order valence-corrected chi connectivity index (χ3v) is 5.03. The van der Waals surface area contributed by atoms with Crippen LogP contribution in [0.15, 0.2) is 24.3 Å². The Morgan fingerprint density at radius 3 is 1.86 bits per heavy atom. The van der Waals surface area contributed by atoms with E-state index in [-0.39, 0.29) is 12.2 Å². The maximum atomic E-state index is 12.9. The summed E-state index contributed by atoms with van der Waals surface area (Å²) in [6.45, 7) is 4.34. The van der Waals surface area contributed by atoms with Gasteiger partial charge in [0.2, 0.25) is 17.7 Å². The Hall–Kier alpha value is -3.71. The number of hydrogen-bond acceptors (Lipinski definition) is 8. The predicted octanol–water partition coefficient (Wildman–Crippen LogP) is -1.69. The molecule has 13 nitrogen and oxygen atoms in total. The molecule has 0 spiro atoms. The monoisotopic (exact) mass is 496 g/mol. The zero-order valence-electron chi connectivity index (χ0n) is 19.6. The first-order valence-electron chi connectivity index (χ1n) is 10.8. The van der Waals surface area contributed by atoms with Gasteiger partial charge in [-0.2, -0.15) is 0 Å². The zero-order valence-corrected chi connectivity index (χ0v) is 19.6. The van der Waals surface area contributed by atoms with Crippen molar-refractivity contribution < 1.29 is 44.4 Å². The number of carboxylic acids is 2. The van der Waals surface area contributed by atoms with Crippen LogP contribution in [0.3, 0.4) is 0 Å². The number of phenols is 1. The molecule has 5 atom stereocenters. The first kappa shape index (κ1) is 29.3. The minimum atomic E-state index is -1.73. The molecule has 0 aliphatic heterocycles. The van der Waals surface area contributed by atoms with E-state index in [9.17, 15) is 34.2 Å². The van der Waals surface area contributed by atoms with E-state index in [1.165, 1.54) is 12.1 Å². The van der Waals surface area contributed by atoms with Gasteiger partial charge in [-0.1, -0.05) is 26.0 Å². The Kier molecular flexibility index (Phi) is 11.1. The molecule has 0 aliphatic rings. The minimum Gasteiger partial charge on any atom is -0.508 e. The largest absolute Gasteiger partial charge is 0.508 e. The van der Waals surface area contributed by atoms with Crippen LogP contribution < -0.4 is 21.7 Å². The van der Waals surface area contributed by atoms with E-state index in [1.807, 2.05) is 5.32 Å². The van der Waals surface area contributed by atoms with Gasteiger partial charge >= 0.3 is 11.9 Å². The molecule has 194 valence electrons. The summed E-state index contributed by atoms with van der Waals surface area (Å²) in [5.41, 5.74) is 6.60. The molecule has 1 aromatic rings. The number of carboxylic acid groups (broad SMARTS) is 2. The summed E-state index contributed by atoms with van der Waals surface area (Å²) in [5.74, 6) is -6.13. The van der Waals surface area contributed by atoms with Gasteiger partial charge in [-0.3, -0.25) is 19.2 Å². The van der Waals surface area contributed by atoms with Gasteiger partial charge in [0.25, 0.3) is 0 Å². The van der Waals surface area contributed by atoms with E-state index < -0.39 is 72.3 Å². The molecule has 0 aromatic heterocycles. The number of nitrogens with one attached hydrogen (secondary N) is 3. The molecule has 0 bridgehead atoms. The lowest BCUT2D eigenvalue weighted by Gasteiger charge is -2.26. The van der Waals surface area contributed by atoms with Crippen LogP contribution in [-0.4, -0.2) is 80.4 Å². The van der Waals surface area contributed by atoms with Crippen LogP contribution in [0.4, 0.5) is 0 Å². The molecular formula is C22H32N4O9. The van der Waals surface area contributed by atoms with Gasteiger partial charge in [0, 0.05) is 0 Å². The molecule has 0 saturated carbocycles. The van der Waals surface area contributed by atoms with Crippen molar-refractivity contribution in [2.45, 2.75) is 63.9 Å². The van der Waals surface area contributed by atoms with E-state index in [2.05, 4.69) is 10.6 Å². The van der Waals surface area contributed by atoms with Crippen LogP contribution >= 0.6 is 0 Å². The van der Waals surface area contributed by atoms with Gasteiger partial charge < -0.3 is 42.1 Å². The lowest BCUT2D eigenvalue weighted by molar-refractivity contribution is -0.146. The third-order valence-electron chi connectivity index (χ3n) is 5.03. The summed E-state index contributed by atoms with van der Waals surface area (Å²) < 4.78 is 0. The second-order valence-electron chi connectivity index (χ2n) is 8.43. The van der Waals surface area contributed by atoms with E-state index in [1.54, 1.807) is 26.0 Å². The Morgan fingerprint density at radius 1 is 0.857 bits per heavy atom. The van der Waals surface area contributed by atoms with Crippen LogP contribution in [0, 0.1) is 5.92 Å². The number of carbonyl (C=O) groups excluding carboxylic acids is 3. The number of aliphatic hydroxyl groups is 1. The summed E-state index contributed by atoms with van der Waals surface area (Å²) >= 11 is 0. The number of nitrogens with two attached hydrogens (primary N) is 1. The molecule has 1 aromatic carbocycles. The van der Waals surface area contributed by atoms with E-state index in [0.717, 1.165) is 6.92 Å². The highest BCUT2D eigenvalue weighted by molar-refractivity contribution is 5.95. The van der Waals surface area contributed by atoms with E-state index in [0.29, 0.717) is 5.56 Å². The maximum absolute atomic E-state index is 12.9. The van der Waals surface area contributed by atoms with Gasteiger partial charge in [0.1, 0.15) is 17.8 Å². The quantitative estimate of drug-likeness (QED) is 0.154. The number of benzene rings is 1. The Labute approximate surface area is 201 Å².